The molecule has 0 unspecified atom stereocenters. The van der Waals surface area contributed by atoms with Crippen molar-refractivity contribution in [2.45, 2.75) is 13.1 Å². The second-order valence-electron chi connectivity index (χ2n) is 7.54. The zero-order valence-corrected chi connectivity index (χ0v) is 20.4. The van der Waals surface area contributed by atoms with Gasteiger partial charge in [-0.15, -0.1) is 0 Å². The molecule has 10 heteroatoms. The average Bonchev–Trinajstić information content (AvgIpc) is 2.83. The summed E-state index contributed by atoms with van der Waals surface area (Å²) in [7, 11) is 0. The molecule has 3 rings (SSSR count). The number of carbonyl (C=O) groups is 2. The van der Waals surface area contributed by atoms with E-state index in [1.807, 2.05) is 19.1 Å². The molecule has 0 fully saturated rings. The first-order valence-corrected chi connectivity index (χ1v) is 11.2. The van der Waals surface area contributed by atoms with Crippen LogP contribution in [0.4, 0.5) is 24.5 Å². The fraction of sp³-hybridized carbons (Fsp3) is 0.115. The van der Waals surface area contributed by atoms with Crippen LogP contribution in [-0.2, 0) is 15.8 Å². The Labute approximate surface area is 213 Å². The Morgan fingerprint density at radius 3 is 2.50 bits per heavy atom. The number of alkyl halides is 3. The molecule has 184 valence electrons. The minimum absolute atomic E-state index is 0.116. The van der Waals surface area contributed by atoms with E-state index in [9.17, 15) is 28.0 Å². The highest BCUT2D eigenvalue weighted by molar-refractivity contribution is 9.10. The van der Waals surface area contributed by atoms with Crippen LogP contribution in [0.5, 0.6) is 5.75 Å². The molecule has 2 amide bonds. The molecule has 0 saturated carbocycles. The lowest BCUT2D eigenvalue weighted by Crippen LogP contribution is -2.21. The highest BCUT2D eigenvalue weighted by atomic mass is 79.9. The van der Waals surface area contributed by atoms with Gasteiger partial charge >= 0.3 is 6.18 Å². The van der Waals surface area contributed by atoms with Crippen molar-refractivity contribution in [3.05, 3.63) is 93.5 Å². The van der Waals surface area contributed by atoms with Gasteiger partial charge in [-0.1, -0.05) is 40.2 Å². The summed E-state index contributed by atoms with van der Waals surface area (Å²) in [5, 5.41) is 14.5. The van der Waals surface area contributed by atoms with Crippen LogP contribution < -0.4 is 15.4 Å². The summed E-state index contributed by atoms with van der Waals surface area (Å²) < 4.78 is 45.1. The van der Waals surface area contributed by atoms with Crippen LogP contribution in [0.3, 0.4) is 0 Å². The van der Waals surface area contributed by atoms with Gasteiger partial charge in [0.1, 0.15) is 17.4 Å². The van der Waals surface area contributed by atoms with Gasteiger partial charge in [0.15, 0.2) is 6.61 Å². The van der Waals surface area contributed by atoms with Gasteiger partial charge in [0.25, 0.3) is 11.8 Å². The smallest absolute Gasteiger partial charge is 0.416 e. The van der Waals surface area contributed by atoms with Crippen molar-refractivity contribution in [3.63, 3.8) is 0 Å². The topological polar surface area (TPSA) is 91.2 Å². The van der Waals surface area contributed by atoms with Crippen molar-refractivity contribution in [3.8, 4) is 11.8 Å². The fourth-order valence-electron chi connectivity index (χ4n) is 3.08. The van der Waals surface area contributed by atoms with Crippen LogP contribution in [0.1, 0.15) is 16.7 Å². The third-order valence-electron chi connectivity index (χ3n) is 4.86. The minimum Gasteiger partial charge on any atom is -0.483 e. The molecule has 0 aliphatic carbocycles. The van der Waals surface area contributed by atoms with Gasteiger partial charge in [-0.05, 0) is 61.0 Å². The highest BCUT2D eigenvalue weighted by Gasteiger charge is 2.30. The Kier molecular flexibility index (Phi) is 8.51. The Balaban J connectivity index is 1.77. The molecule has 0 saturated heterocycles. The van der Waals surface area contributed by atoms with E-state index in [1.54, 1.807) is 36.4 Å². The number of hydrogen-bond donors (Lipinski definition) is 2. The largest absolute Gasteiger partial charge is 0.483 e. The molecule has 6 nitrogen and oxygen atoms in total. The van der Waals surface area contributed by atoms with E-state index >= 15 is 0 Å². The average molecular weight is 558 g/mol. The summed E-state index contributed by atoms with van der Waals surface area (Å²) in [6, 6.07) is 17.8. The molecule has 0 spiro atoms. The Hall–Kier alpha value is -4.10. The van der Waals surface area contributed by atoms with Crippen molar-refractivity contribution in [2.75, 3.05) is 17.2 Å². The molecule has 2 N–H and O–H groups in total. The number of nitrogens with zero attached hydrogens (tertiary/aromatic N) is 1. The number of hydrogen-bond acceptors (Lipinski definition) is 4. The van der Waals surface area contributed by atoms with Crippen molar-refractivity contribution in [1.29, 1.82) is 5.26 Å². The predicted molar refractivity (Wildman–Crippen MR) is 133 cm³/mol. The number of nitrogens with one attached hydrogen (secondary N) is 2. The first kappa shape index (κ1) is 26.5. The molecule has 3 aromatic rings. The quantitative estimate of drug-likeness (QED) is 0.262. The normalized spacial score (nSPS) is 11.4. The molecular weight excluding hydrogens is 539 g/mol. The van der Waals surface area contributed by atoms with Gasteiger partial charge in [0.2, 0.25) is 0 Å². The van der Waals surface area contributed by atoms with E-state index in [2.05, 4.69) is 26.6 Å². The second kappa shape index (κ2) is 11.6. The van der Waals surface area contributed by atoms with Crippen molar-refractivity contribution in [1.82, 2.24) is 0 Å². The van der Waals surface area contributed by atoms with Crippen LogP contribution >= 0.6 is 15.9 Å². The summed E-state index contributed by atoms with van der Waals surface area (Å²) in [5.41, 5.74) is 0.399. The number of nitriles is 1. The third kappa shape index (κ3) is 7.20. The predicted octanol–water partition coefficient (Wildman–Crippen LogP) is 6.34. The van der Waals surface area contributed by atoms with E-state index in [4.69, 9.17) is 4.74 Å². The number of anilines is 2. The lowest BCUT2D eigenvalue weighted by Gasteiger charge is -2.12. The molecule has 0 bridgehead atoms. The van der Waals surface area contributed by atoms with Gasteiger partial charge in [-0.25, -0.2) is 0 Å². The number of rotatable bonds is 7. The molecule has 0 heterocycles. The van der Waals surface area contributed by atoms with Crippen LogP contribution in [-0.4, -0.2) is 18.4 Å². The number of aryl methyl sites for hydroxylation is 1. The Morgan fingerprint density at radius 1 is 1.06 bits per heavy atom. The standard InChI is InChI=1S/C26H19BrF3N3O3/c1-16-5-2-3-8-22(16)33-24(34)15-36-23-10-9-20(27)12-17(23)11-18(14-31)25(35)32-21-7-4-6-19(13-21)26(28,29)30/h2-13H,15H2,1H3,(H,32,35)(H,33,34)/b18-11+. The molecule has 0 aromatic heterocycles. The SMILES string of the molecule is Cc1ccccc1NC(=O)COc1ccc(Br)cc1/C=C(\C#N)C(=O)Nc1cccc(C(F)(F)F)c1. The van der Waals surface area contributed by atoms with Crippen molar-refractivity contribution >= 4 is 45.2 Å². The van der Waals surface area contributed by atoms with E-state index in [-0.39, 0.29) is 23.6 Å². The fourth-order valence-corrected chi connectivity index (χ4v) is 3.46. The van der Waals surface area contributed by atoms with Gasteiger partial charge < -0.3 is 15.4 Å². The highest BCUT2D eigenvalue weighted by Crippen LogP contribution is 2.31. The van der Waals surface area contributed by atoms with Crippen LogP contribution in [0.25, 0.3) is 6.08 Å². The monoisotopic (exact) mass is 557 g/mol. The number of halogens is 4. The van der Waals surface area contributed by atoms with Crippen LogP contribution in [0.2, 0.25) is 0 Å². The zero-order chi connectivity index (χ0) is 26.3. The summed E-state index contributed by atoms with van der Waals surface area (Å²) in [6.07, 6.45) is -3.36. The van der Waals surface area contributed by atoms with E-state index in [0.29, 0.717) is 15.7 Å². The Morgan fingerprint density at radius 2 is 1.81 bits per heavy atom. The first-order valence-electron chi connectivity index (χ1n) is 10.4. The maximum atomic E-state index is 12.9. The maximum absolute atomic E-state index is 12.9. The van der Waals surface area contributed by atoms with E-state index in [1.165, 1.54) is 12.1 Å². The molecule has 0 radical (unpaired) electrons. The molecule has 36 heavy (non-hydrogen) atoms. The molecule has 0 aliphatic heterocycles. The van der Waals surface area contributed by atoms with Crippen molar-refractivity contribution < 1.29 is 27.5 Å². The summed E-state index contributed by atoms with van der Waals surface area (Å²) in [6.45, 7) is 1.51. The van der Waals surface area contributed by atoms with Gasteiger partial charge in [0.05, 0.1) is 5.56 Å². The van der Waals surface area contributed by atoms with Gasteiger partial charge in [-0.3, -0.25) is 9.59 Å². The Bertz CT molecular complexity index is 1360. The van der Waals surface area contributed by atoms with Crippen LogP contribution in [0.15, 0.2) is 76.8 Å². The summed E-state index contributed by atoms with van der Waals surface area (Å²) in [5.74, 6) is -1.09. The number of amides is 2. The van der Waals surface area contributed by atoms with E-state index in [0.717, 1.165) is 23.8 Å². The molecule has 0 atom stereocenters. The third-order valence-corrected chi connectivity index (χ3v) is 5.36. The van der Waals surface area contributed by atoms with Crippen molar-refractivity contribution in [2.24, 2.45) is 0 Å². The minimum atomic E-state index is -4.58. The van der Waals surface area contributed by atoms with Crippen LogP contribution in [0, 0.1) is 18.3 Å². The van der Waals surface area contributed by atoms with E-state index < -0.39 is 23.6 Å². The molecule has 0 aliphatic rings. The van der Waals surface area contributed by atoms with Gasteiger partial charge in [-0.2, -0.15) is 18.4 Å². The lowest BCUT2D eigenvalue weighted by molar-refractivity contribution is -0.137. The number of carbonyl (C=O) groups excluding carboxylic acids is 2. The number of ether oxygens (including phenoxy) is 1. The molecule has 3 aromatic carbocycles. The first-order chi connectivity index (χ1) is 17.1. The molecular formula is C26H19BrF3N3O3. The number of benzene rings is 3. The zero-order valence-electron chi connectivity index (χ0n) is 18.8. The second-order valence-corrected chi connectivity index (χ2v) is 8.45. The lowest BCUT2D eigenvalue weighted by atomic mass is 10.1. The van der Waals surface area contributed by atoms with Gasteiger partial charge in [0, 0.05) is 21.4 Å². The maximum Gasteiger partial charge on any atom is 0.416 e. The number of para-hydroxylation sites is 1. The summed E-state index contributed by atoms with van der Waals surface area (Å²) >= 11 is 3.30. The summed E-state index contributed by atoms with van der Waals surface area (Å²) in [4.78, 5) is 25.0.